The van der Waals surface area contributed by atoms with Gasteiger partial charge in [0.2, 0.25) is 0 Å². The molecule has 0 aromatic carbocycles. The Hall–Kier alpha value is 0.110. The zero-order chi connectivity index (χ0) is 32.4. The van der Waals surface area contributed by atoms with Crippen LogP contribution in [0.2, 0.25) is 0 Å². The number of nitrogens with zero attached hydrogens (tertiary/aromatic N) is 3. The van der Waals surface area contributed by atoms with Gasteiger partial charge in [0.15, 0.2) is 0 Å². The van der Waals surface area contributed by atoms with Crippen molar-refractivity contribution in [2.75, 3.05) is 70.8 Å². The van der Waals surface area contributed by atoms with E-state index in [1.54, 1.807) is 0 Å². The molecule has 2 N–H and O–H groups in total. The number of ether oxygens (including phenoxy) is 1. The molecular formula is C35H75N5OS. The first-order valence-electron chi connectivity index (χ1n) is 16.9. The summed E-state index contributed by atoms with van der Waals surface area (Å²) in [7, 11) is 0. The van der Waals surface area contributed by atoms with E-state index in [4.69, 9.17) is 4.74 Å². The molecule has 42 heavy (non-hydrogen) atoms. The molecule has 1 unspecified atom stereocenters. The van der Waals surface area contributed by atoms with Crippen LogP contribution in [0, 0.1) is 16.7 Å². The van der Waals surface area contributed by atoms with Crippen molar-refractivity contribution >= 4 is 11.8 Å². The predicted octanol–water partition coefficient (Wildman–Crippen LogP) is 7.00. The number of hydrogen-bond acceptors (Lipinski definition) is 7. The van der Waals surface area contributed by atoms with Gasteiger partial charge in [-0.3, -0.25) is 14.7 Å². The first-order chi connectivity index (χ1) is 19.0. The van der Waals surface area contributed by atoms with Gasteiger partial charge in [0, 0.05) is 47.4 Å². The third kappa shape index (κ3) is 15.9. The van der Waals surface area contributed by atoms with Gasteiger partial charge in [0.1, 0.15) is 0 Å². The summed E-state index contributed by atoms with van der Waals surface area (Å²) in [4.78, 5) is 7.33. The molecule has 5 rings (SSSR count). The highest BCUT2D eigenvalue weighted by atomic mass is 32.2. The second kappa shape index (κ2) is 17.1. The summed E-state index contributed by atoms with van der Waals surface area (Å²) >= 11 is 2.03. The average Bonchev–Trinajstić information content (AvgIpc) is 3.36. The molecule has 0 amide bonds. The SMILES string of the molecule is CC(C)(C)C1CCN1.CC(C)(C)C1CNC1.CC(C)(C)N1CCC1.CC(C)(C)N1CCOC1.CC(C)(C)N1CCSC1. The molecule has 0 aliphatic carbocycles. The lowest BCUT2D eigenvalue weighted by molar-refractivity contribution is 0.0690. The van der Waals surface area contributed by atoms with E-state index < -0.39 is 0 Å². The standard InChI is InChI=1S/C7H15NO.C7H15NS.3C7H15N/c2*1-7(2,3)8-4-5-9-6-8;1-7(2,3)6-4-8-5-6;1-7(2,3)8-5-4-6-8;1-7(2,3)6-4-5-8-6/h2*4-6H2,1-3H3;6,8H,4-5H2,1-3H3;4-6H2,1-3H3;6,8H,4-5H2,1-3H3. The zero-order valence-electron chi connectivity index (χ0n) is 31.0. The Morgan fingerprint density at radius 3 is 1.26 bits per heavy atom. The minimum Gasteiger partial charge on any atom is -0.365 e. The van der Waals surface area contributed by atoms with Crippen LogP contribution >= 0.6 is 11.8 Å². The van der Waals surface area contributed by atoms with Crippen LogP contribution in [0.1, 0.15) is 117 Å². The van der Waals surface area contributed by atoms with Crippen LogP contribution < -0.4 is 10.6 Å². The Morgan fingerprint density at radius 1 is 0.643 bits per heavy atom. The third-order valence-corrected chi connectivity index (χ3v) is 10.0. The molecule has 0 bridgehead atoms. The van der Waals surface area contributed by atoms with Crippen LogP contribution in [0.3, 0.4) is 0 Å². The van der Waals surface area contributed by atoms with E-state index in [0.717, 1.165) is 31.8 Å². The Bertz CT molecular complexity index is 619. The summed E-state index contributed by atoms with van der Waals surface area (Å²) in [5, 5.41) is 6.65. The number of nitrogens with one attached hydrogen (secondary N) is 2. The van der Waals surface area contributed by atoms with Gasteiger partial charge in [0.25, 0.3) is 0 Å². The van der Waals surface area contributed by atoms with Crippen molar-refractivity contribution in [1.82, 2.24) is 25.3 Å². The summed E-state index contributed by atoms with van der Waals surface area (Å²) in [6.45, 7) is 44.4. The monoisotopic (exact) mass is 614 g/mol. The van der Waals surface area contributed by atoms with Crippen LogP contribution in [0.5, 0.6) is 0 Å². The summed E-state index contributed by atoms with van der Waals surface area (Å²) in [5.74, 6) is 3.46. The maximum atomic E-state index is 5.21. The molecule has 0 radical (unpaired) electrons. The number of hydrogen-bond donors (Lipinski definition) is 2. The molecule has 5 saturated heterocycles. The fraction of sp³-hybridized carbons (Fsp3) is 1.00. The van der Waals surface area contributed by atoms with Gasteiger partial charge in [-0.1, -0.05) is 41.5 Å². The van der Waals surface area contributed by atoms with Crippen LogP contribution in [0.4, 0.5) is 0 Å². The maximum absolute atomic E-state index is 5.21. The van der Waals surface area contributed by atoms with Gasteiger partial charge >= 0.3 is 0 Å². The summed E-state index contributed by atoms with van der Waals surface area (Å²) in [5.41, 5.74) is 2.13. The van der Waals surface area contributed by atoms with E-state index in [1.807, 2.05) is 11.8 Å². The van der Waals surface area contributed by atoms with Crippen molar-refractivity contribution in [2.45, 2.75) is 139 Å². The Morgan fingerprint density at radius 2 is 1.17 bits per heavy atom. The molecule has 5 aliphatic rings. The van der Waals surface area contributed by atoms with Crippen molar-refractivity contribution in [1.29, 1.82) is 0 Å². The predicted molar refractivity (Wildman–Crippen MR) is 189 cm³/mol. The van der Waals surface area contributed by atoms with Crippen molar-refractivity contribution < 1.29 is 4.74 Å². The Kier molecular flexibility index (Phi) is 16.4. The summed E-state index contributed by atoms with van der Waals surface area (Å²) in [6.07, 6.45) is 2.76. The average molecular weight is 614 g/mol. The number of thioether (sulfide) groups is 1. The van der Waals surface area contributed by atoms with E-state index in [1.165, 1.54) is 63.7 Å². The van der Waals surface area contributed by atoms with Gasteiger partial charge < -0.3 is 15.4 Å². The van der Waals surface area contributed by atoms with Gasteiger partial charge in [-0.15, -0.1) is 11.8 Å². The maximum Gasteiger partial charge on any atom is 0.0995 e. The number of rotatable bonds is 0. The molecule has 0 saturated carbocycles. The molecule has 5 heterocycles. The van der Waals surface area contributed by atoms with E-state index in [0.29, 0.717) is 21.9 Å². The van der Waals surface area contributed by atoms with Crippen LogP contribution in [0.25, 0.3) is 0 Å². The minimum atomic E-state index is 0.288. The highest BCUT2D eigenvalue weighted by Gasteiger charge is 2.30. The van der Waals surface area contributed by atoms with Crippen molar-refractivity contribution in [2.24, 2.45) is 16.7 Å². The molecule has 0 aromatic rings. The molecule has 5 aliphatic heterocycles. The first kappa shape index (κ1) is 40.1. The number of likely N-dealkylation sites (tertiary alicyclic amines) is 1. The van der Waals surface area contributed by atoms with Crippen LogP contribution in [-0.2, 0) is 4.74 Å². The molecule has 5 fully saturated rings. The lowest BCUT2D eigenvalue weighted by atomic mass is 9.77. The van der Waals surface area contributed by atoms with Crippen LogP contribution in [-0.4, -0.2) is 108 Å². The van der Waals surface area contributed by atoms with Gasteiger partial charge in [-0.2, -0.15) is 0 Å². The third-order valence-electron chi connectivity index (χ3n) is 9.08. The van der Waals surface area contributed by atoms with E-state index in [2.05, 4.69) is 129 Å². The minimum absolute atomic E-state index is 0.288. The lowest BCUT2D eigenvalue weighted by Gasteiger charge is -2.42. The Labute approximate surface area is 268 Å². The van der Waals surface area contributed by atoms with Gasteiger partial charge in [0.05, 0.1) is 13.3 Å². The summed E-state index contributed by atoms with van der Waals surface area (Å²) in [6, 6.07) is 0.780. The molecular weight excluding hydrogens is 538 g/mol. The largest absolute Gasteiger partial charge is 0.365 e. The molecule has 252 valence electrons. The van der Waals surface area contributed by atoms with Crippen molar-refractivity contribution in [3.63, 3.8) is 0 Å². The highest BCUT2D eigenvalue weighted by molar-refractivity contribution is 7.99. The summed E-state index contributed by atoms with van der Waals surface area (Å²) < 4.78 is 5.21. The smallest absolute Gasteiger partial charge is 0.0995 e. The van der Waals surface area contributed by atoms with E-state index >= 15 is 0 Å². The fourth-order valence-corrected chi connectivity index (χ4v) is 6.02. The molecule has 7 heteroatoms. The van der Waals surface area contributed by atoms with Crippen LogP contribution in [0.15, 0.2) is 0 Å². The quantitative estimate of drug-likeness (QED) is 0.305. The molecule has 1 atom stereocenters. The highest BCUT2D eigenvalue weighted by Crippen LogP contribution is 2.28. The van der Waals surface area contributed by atoms with E-state index in [-0.39, 0.29) is 5.54 Å². The van der Waals surface area contributed by atoms with E-state index in [9.17, 15) is 0 Å². The van der Waals surface area contributed by atoms with Gasteiger partial charge in [-0.05, 0) is 125 Å². The second-order valence-electron chi connectivity index (χ2n) is 17.8. The van der Waals surface area contributed by atoms with Gasteiger partial charge in [-0.25, -0.2) is 0 Å². The lowest BCUT2D eigenvalue weighted by Crippen LogP contribution is -2.50. The molecule has 0 spiro atoms. The van der Waals surface area contributed by atoms with Crippen molar-refractivity contribution in [3.05, 3.63) is 0 Å². The Balaban J connectivity index is 0.000000263. The normalized spacial score (nSPS) is 24.2. The molecule has 6 nitrogen and oxygen atoms in total. The first-order valence-corrected chi connectivity index (χ1v) is 18.0. The molecule has 0 aromatic heterocycles. The fourth-order valence-electron chi connectivity index (χ4n) is 4.80. The zero-order valence-corrected chi connectivity index (χ0v) is 31.8. The topological polar surface area (TPSA) is 43.0 Å². The second-order valence-corrected chi connectivity index (χ2v) is 18.9. The van der Waals surface area contributed by atoms with Crippen molar-refractivity contribution in [3.8, 4) is 0 Å².